The lowest BCUT2D eigenvalue weighted by molar-refractivity contribution is -0.933. The highest BCUT2D eigenvalue weighted by molar-refractivity contribution is 5.91. The predicted octanol–water partition coefficient (Wildman–Crippen LogP) is 1.07. The van der Waals surface area contributed by atoms with Gasteiger partial charge in [0.05, 0.1) is 30.8 Å². The smallest absolute Gasteiger partial charge is 0.0957 e. The third-order valence-corrected chi connectivity index (χ3v) is 5.07. The number of oxime groups is 1. The van der Waals surface area contributed by atoms with E-state index in [1.165, 1.54) is 58.0 Å². The Bertz CT molecular complexity index is 284. The zero-order valence-electron chi connectivity index (χ0n) is 9.99. The first-order chi connectivity index (χ1) is 7.90. The summed E-state index contributed by atoms with van der Waals surface area (Å²) in [4.78, 5) is 1.80. The molecule has 0 amide bonds. The molecule has 0 aromatic heterocycles. The van der Waals surface area contributed by atoms with Crippen molar-refractivity contribution in [1.82, 2.24) is 0 Å². The van der Waals surface area contributed by atoms with Gasteiger partial charge in [0.25, 0.3) is 0 Å². The molecule has 16 heavy (non-hydrogen) atoms. The van der Waals surface area contributed by atoms with Crippen molar-refractivity contribution in [3.05, 3.63) is 0 Å². The van der Waals surface area contributed by atoms with Crippen LogP contribution in [0.4, 0.5) is 0 Å². The van der Waals surface area contributed by atoms with Gasteiger partial charge in [0.2, 0.25) is 0 Å². The molecule has 2 saturated carbocycles. The Hall–Kier alpha value is -0.570. The minimum atomic E-state index is 0.608. The van der Waals surface area contributed by atoms with E-state index < -0.39 is 0 Å². The molecule has 3 heteroatoms. The first kappa shape index (κ1) is 10.6. The Morgan fingerprint density at radius 3 is 2.50 bits per heavy atom. The summed E-state index contributed by atoms with van der Waals surface area (Å²) in [5.41, 5.74) is 1.15. The van der Waals surface area contributed by atoms with Gasteiger partial charge < -0.3 is 10.1 Å². The van der Waals surface area contributed by atoms with E-state index in [1.54, 1.807) is 4.90 Å². The number of nitrogens with zero attached hydrogens (tertiary/aromatic N) is 1. The fraction of sp³-hybridized carbons (Fsp3) is 0.923. The topological polar surface area (TPSA) is 37.0 Å². The predicted molar refractivity (Wildman–Crippen MR) is 63.0 cm³/mol. The van der Waals surface area contributed by atoms with Gasteiger partial charge in [-0.05, 0) is 38.5 Å². The van der Waals surface area contributed by atoms with Gasteiger partial charge in [0.1, 0.15) is 0 Å². The van der Waals surface area contributed by atoms with Gasteiger partial charge in [0.15, 0.2) is 0 Å². The van der Waals surface area contributed by atoms with E-state index in [2.05, 4.69) is 5.16 Å². The van der Waals surface area contributed by atoms with Crippen molar-refractivity contribution in [2.75, 3.05) is 13.1 Å². The third kappa shape index (κ3) is 1.65. The van der Waals surface area contributed by atoms with Crippen molar-refractivity contribution in [1.29, 1.82) is 0 Å². The summed E-state index contributed by atoms with van der Waals surface area (Å²) >= 11 is 0. The molecule has 1 aliphatic heterocycles. The van der Waals surface area contributed by atoms with Gasteiger partial charge in [0, 0.05) is 12.3 Å². The Morgan fingerprint density at radius 2 is 1.75 bits per heavy atom. The number of hydrogen-bond donors (Lipinski definition) is 2. The molecule has 3 fully saturated rings. The fourth-order valence-electron chi connectivity index (χ4n) is 4.28. The molecule has 0 radical (unpaired) electrons. The van der Waals surface area contributed by atoms with Gasteiger partial charge in [-0.25, -0.2) is 0 Å². The highest BCUT2D eigenvalue weighted by Gasteiger charge is 2.46. The zero-order valence-corrected chi connectivity index (χ0v) is 9.99. The SMILES string of the molecule is ON=C1C2CCC1C([NH+]1CCCCC1)CC2. The van der Waals surface area contributed by atoms with Crippen molar-refractivity contribution >= 4 is 5.71 Å². The highest BCUT2D eigenvalue weighted by atomic mass is 16.4. The maximum absolute atomic E-state index is 9.17. The van der Waals surface area contributed by atoms with Crippen LogP contribution in [0.3, 0.4) is 0 Å². The quantitative estimate of drug-likeness (QED) is 0.506. The largest absolute Gasteiger partial charge is 0.411 e. The number of fused-ring (bicyclic) bond motifs is 2. The van der Waals surface area contributed by atoms with Crippen LogP contribution < -0.4 is 4.90 Å². The highest BCUT2D eigenvalue weighted by Crippen LogP contribution is 2.39. The second kappa shape index (κ2) is 4.36. The van der Waals surface area contributed by atoms with Gasteiger partial charge >= 0.3 is 0 Å². The first-order valence-corrected chi connectivity index (χ1v) is 6.96. The summed E-state index contributed by atoms with van der Waals surface area (Å²) in [7, 11) is 0. The number of piperidine rings is 1. The molecule has 90 valence electrons. The summed E-state index contributed by atoms with van der Waals surface area (Å²) in [6.07, 6.45) is 9.39. The molecule has 2 aliphatic carbocycles. The third-order valence-electron chi connectivity index (χ3n) is 5.07. The Labute approximate surface area is 97.5 Å². The number of hydrogen-bond acceptors (Lipinski definition) is 2. The van der Waals surface area contributed by atoms with E-state index in [9.17, 15) is 0 Å². The number of quaternary nitrogens is 1. The van der Waals surface area contributed by atoms with Crippen LogP contribution >= 0.6 is 0 Å². The summed E-state index contributed by atoms with van der Waals surface area (Å²) in [5, 5.41) is 12.8. The molecular formula is C13H23N2O+. The summed E-state index contributed by atoms with van der Waals surface area (Å²) in [5.74, 6) is 1.23. The number of nitrogens with one attached hydrogen (secondary N) is 1. The van der Waals surface area contributed by atoms with Crippen LogP contribution in [0.1, 0.15) is 44.9 Å². The van der Waals surface area contributed by atoms with E-state index in [-0.39, 0.29) is 0 Å². The minimum Gasteiger partial charge on any atom is -0.411 e. The molecule has 3 rings (SSSR count). The lowest BCUT2D eigenvalue weighted by Crippen LogP contribution is -3.17. The molecule has 2 N–H and O–H groups in total. The molecular weight excluding hydrogens is 200 g/mol. The monoisotopic (exact) mass is 223 g/mol. The lowest BCUT2D eigenvalue weighted by atomic mass is 9.81. The molecule has 3 aliphatic rings. The van der Waals surface area contributed by atoms with E-state index in [4.69, 9.17) is 5.21 Å². The lowest BCUT2D eigenvalue weighted by Gasteiger charge is -2.37. The Kier molecular flexibility index (Phi) is 2.88. The van der Waals surface area contributed by atoms with Crippen LogP contribution in [0.5, 0.6) is 0 Å². The maximum Gasteiger partial charge on any atom is 0.0957 e. The minimum absolute atomic E-state index is 0.608. The molecule has 2 bridgehead atoms. The van der Waals surface area contributed by atoms with Crippen LogP contribution in [-0.4, -0.2) is 30.1 Å². The molecule has 3 unspecified atom stereocenters. The van der Waals surface area contributed by atoms with Gasteiger partial charge in [-0.2, -0.15) is 0 Å². The molecule has 0 spiro atoms. The average Bonchev–Trinajstić information content (AvgIpc) is 2.63. The molecule has 1 heterocycles. The van der Waals surface area contributed by atoms with Crippen LogP contribution in [0.25, 0.3) is 0 Å². The van der Waals surface area contributed by atoms with Gasteiger partial charge in [-0.15, -0.1) is 0 Å². The summed E-state index contributed by atoms with van der Waals surface area (Å²) < 4.78 is 0. The van der Waals surface area contributed by atoms with E-state index in [0.717, 1.165) is 11.8 Å². The van der Waals surface area contributed by atoms with E-state index in [0.29, 0.717) is 11.8 Å². The van der Waals surface area contributed by atoms with Gasteiger partial charge in [-0.1, -0.05) is 5.16 Å². The Morgan fingerprint density at radius 1 is 1.00 bits per heavy atom. The molecule has 0 aromatic carbocycles. The van der Waals surface area contributed by atoms with Gasteiger partial charge in [-0.3, -0.25) is 0 Å². The van der Waals surface area contributed by atoms with Crippen molar-refractivity contribution in [3.8, 4) is 0 Å². The van der Waals surface area contributed by atoms with Crippen LogP contribution in [0, 0.1) is 11.8 Å². The molecule has 3 atom stereocenters. The van der Waals surface area contributed by atoms with Crippen LogP contribution in [-0.2, 0) is 0 Å². The maximum atomic E-state index is 9.17. The molecule has 3 nitrogen and oxygen atoms in total. The first-order valence-electron chi connectivity index (χ1n) is 6.96. The molecule has 0 aromatic rings. The van der Waals surface area contributed by atoms with E-state index in [1.807, 2.05) is 0 Å². The second-order valence-corrected chi connectivity index (χ2v) is 5.81. The number of rotatable bonds is 1. The normalized spacial score (nSPS) is 42.8. The summed E-state index contributed by atoms with van der Waals surface area (Å²) in [6.45, 7) is 2.70. The zero-order chi connectivity index (χ0) is 11.0. The standard InChI is InChI=1S/C13H22N2O/c16-14-13-10-4-6-11(13)12(7-5-10)15-8-2-1-3-9-15/h10-12,16H,1-9H2/p+1. The fourth-order valence-corrected chi connectivity index (χ4v) is 4.28. The average molecular weight is 223 g/mol. The van der Waals surface area contributed by atoms with Crippen molar-refractivity contribution in [3.63, 3.8) is 0 Å². The van der Waals surface area contributed by atoms with Crippen LogP contribution in [0.15, 0.2) is 5.16 Å². The number of likely N-dealkylation sites (tertiary alicyclic amines) is 1. The molecule has 1 saturated heterocycles. The van der Waals surface area contributed by atoms with Crippen LogP contribution in [0.2, 0.25) is 0 Å². The Balaban J connectivity index is 1.75. The second-order valence-electron chi connectivity index (χ2n) is 5.81. The van der Waals surface area contributed by atoms with E-state index >= 15 is 0 Å². The van der Waals surface area contributed by atoms with Crippen molar-refractivity contribution in [2.24, 2.45) is 17.0 Å². The van der Waals surface area contributed by atoms with Crippen molar-refractivity contribution < 1.29 is 10.1 Å². The van der Waals surface area contributed by atoms with Crippen molar-refractivity contribution in [2.45, 2.75) is 51.0 Å². The summed E-state index contributed by atoms with van der Waals surface area (Å²) in [6, 6.07) is 0.768.